The van der Waals surface area contributed by atoms with E-state index >= 15 is 0 Å². The number of ether oxygens (including phenoxy) is 1. The van der Waals surface area contributed by atoms with Gasteiger partial charge in [-0.3, -0.25) is 9.69 Å². The Kier molecular flexibility index (Phi) is 6.16. The third kappa shape index (κ3) is 4.62. The zero-order valence-corrected chi connectivity index (χ0v) is 17.4. The highest BCUT2D eigenvalue weighted by atomic mass is 16.5. The van der Waals surface area contributed by atoms with E-state index < -0.39 is 0 Å². The van der Waals surface area contributed by atoms with Gasteiger partial charge in [-0.25, -0.2) is 0 Å². The minimum Gasteiger partial charge on any atom is -0.497 e. The van der Waals surface area contributed by atoms with E-state index in [1.165, 1.54) is 0 Å². The predicted molar refractivity (Wildman–Crippen MR) is 117 cm³/mol. The Bertz CT molecular complexity index is 828. The molecular formula is C24H31N3O2. The molecule has 0 unspecified atom stereocenters. The lowest BCUT2D eigenvalue weighted by Crippen LogP contribution is -2.49. The predicted octanol–water partition coefficient (Wildman–Crippen LogP) is 3.86. The number of anilines is 1. The van der Waals surface area contributed by atoms with Gasteiger partial charge in [0.05, 0.1) is 13.2 Å². The largest absolute Gasteiger partial charge is 0.497 e. The molecule has 2 aliphatic heterocycles. The number of nitrogens with zero attached hydrogens (tertiary/aromatic N) is 2. The van der Waals surface area contributed by atoms with Gasteiger partial charge < -0.3 is 15.0 Å². The number of carbonyl (C=O) groups is 1. The highest BCUT2D eigenvalue weighted by Crippen LogP contribution is 2.28. The van der Waals surface area contributed by atoms with E-state index in [1.54, 1.807) is 7.11 Å². The number of benzene rings is 2. The Morgan fingerprint density at radius 2 is 1.76 bits per heavy atom. The van der Waals surface area contributed by atoms with Gasteiger partial charge in [-0.15, -0.1) is 0 Å². The van der Waals surface area contributed by atoms with E-state index in [0.29, 0.717) is 6.04 Å². The van der Waals surface area contributed by atoms with Crippen LogP contribution in [0.2, 0.25) is 0 Å². The SMILES string of the molecule is COc1cccc(-c2ccc(NC(=O)[C@H]3CCCN3C3CCN(C)CC3)cc2)c1. The first-order valence-corrected chi connectivity index (χ1v) is 10.6. The summed E-state index contributed by atoms with van der Waals surface area (Å²) in [5, 5.41) is 3.15. The van der Waals surface area contributed by atoms with Crippen LogP contribution in [-0.4, -0.2) is 61.6 Å². The number of carbonyl (C=O) groups excluding carboxylic acids is 1. The molecule has 0 bridgehead atoms. The van der Waals surface area contributed by atoms with Crippen molar-refractivity contribution < 1.29 is 9.53 Å². The van der Waals surface area contributed by atoms with Gasteiger partial charge in [-0.05, 0) is 87.8 Å². The molecule has 1 amide bonds. The molecule has 2 fully saturated rings. The Morgan fingerprint density at radius 1 is 1.00 bits per heavy atom. The average Bonchev–Trinajstić information content (AvgIpc) is 3.25. The molecule has 1 atom stereocenters. The van der Waals surface area contributed by atoms with Crippen LogP contribution in [0.4, 0.5) is 5.69 Å². The molecule has 0 spiro atoms. The third-order valence-corrected chi connectivity index (χ3v) is 6.31. The van der Waals surface area contributed by atoms with Crippen molar-refractivity contribution in [2.45, 2.75) is 37.8 Å². The summed E-state index contributed by atoms with van der Waals surface area (Å²) < 4.78 is 5.31. The summed E-state index contributed by atoms with van der Waals surface area (Å²) in [6.45, 7) is 3.30. The fraction of sp³-hybridized carbons (Fsp3) is 0.458. The van der Waals surface area contributed by atoms with Crippen molar-refractivity contribution in [2.75, 3.05) is 39.1 Å². The number of hydrogen-bond acceptors (Lipinski definition) is 4. The van der Waals surface area contributed by atoms with Gasteiger partial charge in [0, 0.05) is 11.7 Å². The first kappa shape index (κ1) is 19.9. The van der Waals surface area contributed by atoms with Crippen molar-refractivity contribution in [2.24, 2.45) is 0 Å². The molecule has 2 aromatic rings. The second-order valence-electron chi connectivity index (χ2n) is 8.23. The molecule has 0 saturated carbocycles. The summed E-state index contributed by atoms with van der Waals surface area (Å²) in [5.41, 5.74) is 3.07. The molecule has 154 valence electrons. The first-order valence-electron chi connectivity index (χ1n) is 10.6. The molecule has 29 heavy (non-hydrogen) atoms. The van der Waals surface area contributed by atoms with Crippen molar-refractivity contribution in [1.29, 1.82) is 0 Å². The lowest BCUT2D eigenvalue weighted by Gasteiger charge is -2.37. The van der Waals surface area contributed by atoms with E-state index in [2.05, 4.69) is 28.2 Å². The number of rotatable bonds is 5. The molecule has 2 aromatic carbocycles. The van der Waals surface area contributed by atoms with Gasteiger partial charge >= 0.3 is 0 Å². The molecular weight excluding hydrogens is 362 g/mol. The van der Waals surface area contributed by atoms with Gasteiger partial charge in [0.2, 0.25) is 5.91 Å². The van der Waals surface area contributed by atoms with Crippen LogP contribution in [0.3, 0.4) is 0 Å². The van der Waals surface area contributed by atoms with Crippen molar-refractivity contribution in [3.63, 3.8) is 0 Å². The molecule has 4 rings (SSSR count). The van der Waals surface area contributed by atoms with Crippen LogP contribution in [0.1, 0.15) is 25.7 Å². The number of hydrogen-bond donors (Lipinski definition) is 1. The minimum absolute atomic E-state index is 0.00136. The minimum atomic E-state index is 0.00136. The van der Waals surface area contributed by atoms with Crippen LogP contribution in [0.25, 0.3) is 11.1 Å². The Morgan fingerprint density at radius 3 is 2.48 bits per heavy atom. The number of methoxy groups -OCH3 is 1. The zero-order valence-electron chi connectivity index (χ0n) is 17.4. The molecule has 1 N–H and O–H groups in total. The highest BCUT2D eigenvalue weighted by molar-refractivity contribution is 5.95. The number of piperidine rings is 1. The Balaban J connectivity index is 1.40. The molecule has 0 radical (unpaired) electrons. The topological polar surface area (TPSA) is 44.8 Å². The number of likely N-dealkylation sites (tertiary alicyclic amines) is 2. The second-order valence-corrected chi connectivity index (χ2v) is 8.23. The normalized spacial score (nSPS) is 21.2. The van der Waals surface area contributed by atoms with E-state index in [0.717, 1.165) is 67.9 Å². The van der Waals surface area contributed by atoms with Crippen LogP contribution in [-0.2, 0) is 4.79 Å². The molecule has 0 aliphatic carbocycles. The van der Waals surface area contributed by atoms with Crippen LogP contribution in [0.5, 0.6) is 5.75 Å². The van der Waals surface area contributed by atoms with Gasteiger partial charge in [0.1, 0.15) is 5.75 Å². The fourth-order valence-electron chi connectivity index (χ4n) is 4.61. The maximum Gasteiger partial charge on any atom is 0.241 e. The lowest BCUT2D eigenvalue weighted by molar-refractivity contribution is -0.121. The van der Waals surface area contributed by atoms with E-state index in [1.807, 2.05) is 42.5 Å². The van der Waals surface area contributed by atoms with Gasteiger partial charge in [-0.2, -0.15) is 0 Å². The summed E-state index contributed by atoms with van der Waals surface area (Å²) >= 11 is 0. The van der Waals surface area contributed by atoms with E-state index in [9.17, 15) is 4.79 Å². The summed E-state index contributed by atoms with van der Waals surface area (Å²) in [6, 6.07) is 16.6. The maximum absolute atomic E-state index is 13.0. The summed E-state index contributed by atoms with van der Waals surface area (Å²) in [5.74, 6) is 0.977. The molecule has 5 heteroatoms. The second kappa shape index (κ2) is 8.97. The van der Waals surface area contributed by atoms with Gasteiger partial charge in [0.25, 0.3) is 0 Å². The molecule has 0 aromatic heterocycles. The molecule has 2 heterocycles. The van der Waals surface area contributed by atoms with Gasteiger partial charge in [-0.1, -0.05) is 24.3 Å². The standard InChI is InChI=1S/C24H31N3O2/c1-26-15-12-21(13-16-26)27-14-4-7-23(27)24(28)25-20-10-8-18(9-11-20)19-5-3-6-22(17-19)29-2/h3,5-6,8-11,17,21,23H,4,7,12-16H2,1-2H3,(H,25,28)/t23-/m1/s1. The molecule has 2 aliphatic rings. The monoisotopic (exact) mass is 393 g/mol. The quantitative estimate of drug-likeness (QED) is 0.838. The van der Waals surface area contributed by atoms with Crippen LogP contribution >= 0.6 is 0 Å². The average molecular weight is 394 g/mol. The molecule has 2 saturated heterocycles. The summed E-state index contributed by atoms with van der Waals surface area (Å²) in [7, 11) is 3.86. The lowest BCUT2D eigenvalue weighted by atomic mass is 10.0. The fourth-order valence-corrected chi connectivity index (χ4v) is 4.61. The van der Waals surface area contributed by atoms with Crippen molar-refractivity contribution in [3.8, 4) is 16.9 Å². The zero-order chi connectivity index (χ0) is 20.2. The Labute approximate surface area is 173 Å². The number of nitrogens with one attached hydrogen (secondary N) is 1. The van der Waals surface area contributed by atoms with Crippen LogP contribution < -0.4 is 10.1 Å². The third-order valence-electron chi connectivity index (χ3n) is 6.31. The summed E-state index contributed by atoms with van der Waals surface area (Å²) in [4.78, 5) is 17.8. The first-order chi connectivity index (χ1) is 14.1. The smallest absolute Gasteiger partial charge is 0.241 e. The number of amides is 1. The van der Waals surface area contributed by atoms with E-state index in [4.69, 9.17) is 4.74 Å². The summed E-state index contributed by atoms with van der Waals surface area (Å²) in [6.07, 6.45) is 4.39. The van der Waals surface area contributed by atoms with Crippen molar-refractivity contribution in [1.82, 2.24) is 9.80 Å². The van der Waals surface area contributed by atoms with Crippen LogP contribution in [0, 0.1) is 0 Å². The van der Waals surface area contributed by atoms with Crippen molar-refractivity contribution >= 4 is 11.6 Å². The molecule has 5 nitrogen and oxygen atoms in total. The van der Waals surface area contributed by atoms with Crippen molar-refractivity contribution in [3.05, 3.63) is 48.5 Å². The maximum atomic E-state index is 13.0. The Hall–Kier alpha value is -2.37. The van der Waals surface area contributed by atoms with E-state index in [-0.39, 0.29) is 11.9 Å². The van der Waals surface area contributed by atoms with Crippen LogP contribution in [0.15, 0.2) is 48.5 Å². The van der Waals surface area contributed by atoms with Gasteiger partial charge in [0.15, 0.2) is 0 Å². The highest BCUT2D eigenvalue weighted by Gasteiger charge is 2.36.